The van der Waals surface area contributed by atoms with E-state index in [0.717, 1.165) is 43.3 Å². The summed E-state index contributed by atoms with van der Waals surface area (Å²) in [7, 11) is 1.81. The molecule has 3 rings (SSSR count). The van der Waals surface area contributed by atoms with Crippen LogP contribution in [0.2, 0.25) is 0 Å². The summed E-state index contributed by atoms with van der Waals surface area (Å²) in [6.45, 7) is 3.67. The van der Waals surface area contributed by atoms with Gasteiger partial charge in [0.15, 0.2) is 0 Å². The van der Waals surface area contributed by atoms with Gasteiger partial charge in [-0.15, -0.1) is 0 Å². The Labute approximate surface area is 173 Å². The number of hydrogen-bond donors (Lipinski definition) is 3. The molecule has 0 unspecified atom stereocenters. The van der Waals surface area contributed by atoms with E-state index in [1.54, 1.807) is 0 Å². The van der Waals surface area contributed by atoms with E-state index in [2.05, 4.69) is 93.4 Å². The minimum absolute atomic E-state index is 0.764. The van der Waals surface area contributed by atoms with Gasteiger partial charge >= 0.3 is 0 Å². The molecule has 0 spiro atoms. The molecule has 1 heterocycles. The lowest BCUT2D eigenvalue weighted by Crippen LogP contribution is -2.27. The summed E-state index contributed by atoms with van der Waals surface area (Å²) >= 11 is 0. The molecule has 0 amide bonds. The van der Waals surface area contributed by atoms with E-state index in [0.29, 0.717) is 0 Å². The number of aliphatic imine (C=N–C) groups is 1. The van der Waals surface area contributed by atoms with Crippen molar-refractivity contribution in [3.05, 3.63) is 95.2 Å². The molecule has 3 N–H and O–H groups in total. The van der Waals surface area contributed by atoms with Gasteiger partial charge in [0.25, 0.3) is 0 Å². The summed E-state index contributed by atoms with van der Waals surface area (Å²) in [6.07, 6.45) is 3.89. The van der Waals surface area contributed by atoms with Crippen molar-refractivity contribution < 1.29 is 0 Å². The Hall–Kier alpha value is -3.34. The molecule has 29 heavy (non-hydrogen) atoms. The van der Waals surface area contributed by atoms with E-state index in [1.807, 2.05) is 19.2 Å². The number of benzene rings is 2. The number of nitrogens with zero attached hydrogens (tertiary/aromatic N) is 2. The van der Waals surface area contributed by atoms with Gasteiger partial charge in [0.2, 0.25) is 0 Å². The lowest BCUT2D eigenvalue weighted by atomic mass is 10.1. The van der Waals surface area contributed by atoms with Crippen LogP contribution < -0.4 is 10.6 Å². The van der Waals surface area contributed by atoms with Crippen molar-refractivity contribution in [2.24, 2.45) is 4.99 Å². The highest BCUT2D eigenvalue weighted by atomic mass is 15.2. The zero-order valence-electron chi connectivity index (χ0n) is 17.2. The largest absolute Gasteiger partial charge is 0.369 e. The summed E-state index contributed by atoms with van der Waals surface area (Å²) in [5, 5.41) is 14.2. The molecule has 0 saturated carbocycles. The molecule has 0 aliphatic rings. The third-order valence-electron chi connectivity index (χ3n) is 4.56. The fourth-order valence-electron chi connectivity index (χ4n) is 3.14. The lowest BCUT2D eigenvalue weighted by Gasteiger charge is -2.08. The summed E-state index contributed by atoms with van der Waals surface area (Å²) < 4.78 is 0. The highest BCUT2D eigenvalue weighted by Gasteiger charge is 2.02. The number of nitrogens with one attached hydrogen (secondary N) is 3. The van der Waals surface area contributed by atoms with Crippen molar-refractivity contribution in [2.75, 3.05) is 25.5 Å². The Kier molecular flexibility index (Phi) is 7.63. The summed E-state index contributed by atoms with van der Waals surface area (Å²) in [4.78, 5) is 4.34. The van der Waals surface area contributed by atoms with Gasteiger partial charge in [0.1, 0.15) is 11.7 Å². The van der Waals surface area contributed by atoms with Gasteiger partial charge < -0.3 is 10.6 Å². The van der Waals surface area contributed by atoms with E-state index in [4.69, 9.17) is 0 Å². The second-order valence-electron chi connectivity index (χ2n) is 7.06. The van der Waals surface area contributed by atoms with E-state index in [1.165, 1.54) is 16.7 Å². The van der Waals surface area contributed by atoms with Crippen LogP contribution in [0.3, 0.4) is 0 Å². The molecule has 0 aliphatic carbocycles. The monoisotopic (exact) mass is 387 g/mol. The fraction of sp³-hybridized carbons (Fsp3) is 0.250. The molecule has 5 heteroatoms. The van der Waals surface area contributed by atoms with Crippen molar-refractivity contribution in [3.63, 3.8) is 0 Å². The SMILES string of the molecule is CN=C(/C=C(\C)Cc1ccccc1)NCCNc1cc(Cc2ccccc2)[nH]n1. The fourth-order valence-corrected chi connectivity index (χ4v) is 3.14. The van der Waals surface area contributed by atoms with E-state index in [9.17, 15) is 0 Å². The number of allylic oxidation sites excluding steroid dienone is 1. The average molecular weight is 388 g/mol. The van der Waals surface area contributed by atoms with Crippen molar-refractivity contribution >= 4 is 11.7 Å². The van der Waals surface area contributed by atoms with Gasteiger partial charge in [-0.1, -0.05) is 66.2 Å². The molecule has 1 aromatic heterocycles. The number of H-pyrrole nitrogens is 1. The molecular weight excluding hydrogens is 358 g/mol. The summed E-state index contributed by atoms with van der Waals surface area (Å²) in [5.74, 6) is 1.76. The highest BCUT2D eigenvalue weighted by Crippen LogP contribution is 2.11. The minimum Gasteiger partial charge on any atom is -0.369 e. The van der Waals surface area contributed by atoms with Crippen LogP contribution in [0.15, 0.2) is 83.4 Å². The molecule has 150 valence electrons. The van der Waals surface area contributed by atoms with Crippen LogP contribution in [0.5, 0.6) is 0 Å². The standard InChI is InChI=1S/C24H29N5/c1-19(15-20-9-5-3-6-10-20)16-23(25-2)26-13-14-27-24-18-22(28-29-24)17-21-11-7-4-8-12-21/h3-12,16,18H,13-15,17H2,1-2H3,(H,25,26)(H2,27,28,29)/b19-16+. The predicted molar refractivity (Wildman–Crippen MR) is 122 cm³/mol. The molecule has 0 aliphatic heterocycles. The number of hydrogen-bond acceptors (Lipinski definition) is 3. The topological polar surface area (TPSA) is 65.1 Å². The second kappa shape index (κ2) is 10.9. The molecule has 0 saturated heterocycles. The first-order valence-electron chi connectivity index (χ1n) is 9.97. The van der Waals surface area contributed by atoms with Gasteiger partial charge in [-0.2, -0.15) is 5.10 Å². The number of amidine groups is 1. The zero-order valence-corrected chi connectivity index (χ0v) is 17.2. The Morgan fingerprint density at radius 2 is 1.69 bits per heavy atom. The van der Waals surface area contributed by atoms with Crippen molar-refractivity contribution in [2.45, 2.75) is 19.8 Å². The number of anilines is 1. The van der Waals surface area contributed by atoms with Gasteiger partial charge in [0, 0.05) is 38.3 Å². The van der Waals surface area contributed by atoms with Crippen molar-refractivity contribution in [1.29, 1.82) is 0 Å². The normalized spacial score (nSPS) is 12.1. The quantitative estimate of drug-likeness (QED) is 0.293. The molecule has 3 aromatic rings. The maximum absolute atomic E-state index is 4.34. The van der Waals surface area contributed by atoms with E-state index in [-0.39, 0.29) is 0 Å². The smallest absolute Gasteiger partial charge is 0.148 e. The Morgan fingerprint density at radius 3 is 2.38 bits per heavy atom. The van der Waals surface area contributed by atoms with Crippen LogP contribution >= 0.6 is 0 Å². The molecule has 2 aromatic carbocycles. The zero-order chi connectivity index (χ0) is 20.3. The van der Waals surface area contributed by atoms with E-state index >= 15 is 0 Å². The van der Waals surface area contributed by atoms with Gasteiger partial charge in [-0.3, -0.25) is 10.1 Å². The molecule has 0 radical (unpaired) electrons. The first-order valence-corrected chi connectivity index (χ1v) is 9.97. The second-order valence-corrected chi connectivity index (χ2v) is 7.06. The van der Waals surface area contributed by atoms with Crippen LogP contribution in [0.25, 0.3) is 0 Å². The molecule has 0 atom stereocenters. The van der Waals surface area contributed by atoms with E-state index < -0.39 is 0 Å². The van der Waals surface area contributed by atoms with Crippen LogP contribution in [0.1, 0.15) is 23.7 Å². The summed E-state index contributed by atoms with van der Waals surface area (Å²) in [6, 6.07) is 22.9. The molecule has 5 nitrogen and oxygen atoms in total. The highest BCUT2D eigenvalue weighted by molar-refractivity contribution is 5.93. The third kappa shape index (κ3) is 6.96. The number of rotatable bonds is 9. The number of aromatic nitrogens is 2. The Balaban J connectivity index is 1.41. The van der Waals surface area contributed by atoms with Crippen molar-refractivity contribution in [3.8, 4) is 0 Å². The molecule has 0 bridgehead atoms. The molecule has 0 fully saturated rings. The Bertz CT molecular complexity index is 926. The third-order valence-corrected chi connectivity index (χ3v) is 4.56. The van der Waals surface area contributed by atoms with Gasteiger partial charge in [-0.05, 0) is 30.5 Å². The maximum atomic E-state index is 4.34. The maximum Gasteiger partial charge on any atom is 0.148 e. The average Bonchev–Trinajstić information content (AvgIpc) is 3.19. The predicted octanol–water partition coefficient (Wildman–Crippen LogP) is 4.22. The van der Waals surface area contributed by atoms with Crippen molar-refractivity contribution in [1.82, 2.24) is 15.5 Å². The van der Waals surface area contributed by atoms with Crippen LogP contribution in [-0.4, -0.2) is 36.2 Å². The van der Waals surface area contributed by atoms with Crippen LogP contribution in [0.4, 0.5) is 5.82 Å². The number of aromatic amines is 1. The van der Waals surface area contributed by atoms with Crippen LogP contribution in [0, 0.1) is 0 Å². The first kappa shape index (κ1) is 20.4. The lowest BCUT2D eigenvalue weighted by molar-refractivity contribution is 0.897. The van der Waals surface area contributed by atoms with Gasteiger partial charge in [0.05, 0.1) is 0 Å². The summed E-state index contributed by atoms with van der Waals surface area (Å²) in [5.41, 5.74) is 4.95. The first-order chi connectivity index (χ1) is 14.2. The Morgan fingerprint density at radius 1 is 1.00 bits per heavy atom. The van der Waals surface area contributed by atoms with Crippen LogP contribution in [-0.2, 0) is 12.8 Å². The molecular formula is C24H29N5. The van der Waals surface area contributed by atoms with Gasteiger partial charge in [-0.25, -0.2) is 0 Å². The minimum atomic E-state index is 0.764.